The molecule has 0 aromatic heterocycles. The number of benzene rings is 3. The van der Waals surface area contributed by atoms with Gasteiger partial charge in [0.25, 0.3) is 11.5 Å². The van der Waals surface area contributed by atoms with Gasteiger partial charge in [-0.1, -0.05) is 91.0 Å². The maximum Gasteiger partial charge on any atom is 0.430 e. The molecule has 10 nitrogen and oxygen atoms in total. The van der Waals surface area contributed by atoms with E-state index >= 15 is 0 Å². The summed E-state index contributed by atoms with van der Waals surface area (Å²) in [6.45, 7) is 4.46. The van der Waals surface area contributed by atoms with Gasteiger partial charge in [-0.15, -0.1) is 0 Å². The zero-order valence-electron chi connectivity index (χ0n) is 28.5. The molecule has 0 saturated heterocycles. The summed E-state index contributed by atoms with van der Waals surface area (Å²) in [5, 5.41) is 5.21. The van der Waals surface area contributed by atoms with Crippen LogP contribution in [0.1, 0.15) is 49.8 Å². The fraction of sp³-hybridized carbons (Fsp3) is 0.316. The van der Waals surface area contributed by atoms with Crippen LogP contribution in [0.4, 0.5) is 13.2 Å². The predicted molar refractivity (Wildman–Crippen MR) is 179 cm³/mol. The van der Waals surface area contributed by atoms with Crippen molar-refractivity contribution in [3.05, 3.63) is 130 Å². The number of alkyl halides is 3. The summed E-state index contributed by atoms with van der Waals surface area (Å²) in [6.07, 6.45) is -5.85. The Hall–Kier alpha value is -5.43. The zero-order valence-corrected chi connectivity index (χ0v) is 28.5. The molecule has 0 saturated carbocycles. The summed E-state index contributed by atoms with van der Waals surface area (Å²) in [6, 6.07) is 21.5. The Kier molecular flexibility index (Phi) is 12.8. The SMILES string of the molecule is CCOC(=O)C1=C(C)NC(C[C@H](NC(=O)[C@](OC)(c2ccccc2)C(F)(F)F)C(=O)OCc2ccccc2)=C(C(=O)OCC)[C@@H]1c1ccccc1. The third kappa shape index (κ3) is 8.48. The van der Waals surface area contributed by atoms with Crippen LogP contribution in [0.5, 0.6) is 0 Å². The van der Waals surface area contributed by atoms with E-state index in [1.165, 1.54) is 18.2 Å². The van der Waals surface area contributed by atoms with Crippen LogP contribution in [-0.4, -0.2) is 56.4 Å². The van der Waals surface area contributed by atoms with Gasteiger partial charge in [0.15, 0.2) is 0 Å². The molecule has 0 aliphatic carbocycles. The minimum atomic E-state index is -5.28. The normalized spacial score (nSPS) is 16.3. The number of amides is 1. The molecule has 3 atom stereocenters. The van der Waals surface area contributed by atoms with Crippen LogP contribution >= 0.6 is 0 Å². The number of ether oxygens (including phenoxy) is 4. The molecule has 4 rings (SSSR count). The molecule has 2 N–H and O–H groups in total. The van der Waals surface area contributed by atoms with Gasteiger partial charge in [-0.3, -0.25) is 4.79 Å². The molecular formula is C38H39F3N2O8. The molecule has 3 aromatic carbocycles. The molecule has 270 valence electrons. The van der Waals surface area contributed by atoms with E-state index in [4.69, 9.17) is 18.9 Å². The van der Waals surface area contributed by atoms with Crippen LogP contribution in [0.3, 0.4) is 0 Å². The third-order valence-corrected chi connectivity index (χ3v) is 8.20. The van der Waals surface area contributed by atoms with E-state index in [-0.39, 0.29) is 42.4 Å². The molecule has 0 bridgehead atoms. The second kappa shape index (κ2) is 17.0. The molecule has 0 fully saturated rings. The first-order chi connectivity index (χ1) is 24.4. The Morgan fingerprint density at radius 3 is 1.84 bits per heavy atom. The minimum Gasteiger partial charge on any atom is -0.463 e. The van der Waals surface area contributed by atoms with Gasteiger partial charge in [0.05, 0.1) is 30.3 Å². The van der Waals surface area contributed by atoms with Gasteiger partial charge in [0.1, 0.15) is 12.6 Å². The molecule has 0 unspecified atom stereocenters. The van der Waals surface area contributed by atoms with Gasteiger partial charge in [0.2, 0.25) is 0 Å². The van der Waals surface area contributed by atoms with Crippen LogP contribution in [0.15, 0.2) is 114 Å². The van der Waals surface area contributed by atoms with E-state index in [1.807, 2.05) is 0 Å². The van der Waals surface area contributed by atoms with Gasteiger partial charge in [0, 0.05) is 30.5 Å². The van der Waals surface area contributed by atoms with Crippen LogP contribution in [-0.2, 0) is 50.3 Å². The van der Waals surface area contributed by atoms with Crippen LogP contribution < -0.4 is 10.6 Å². The maximum atomic E-state index is 14.9. The highest BCUT2D eigenvalue weighted by molar-refractivity contribution is 6.00. The molecule has 51 heavy (non-hydrogen) atoms. The molecule has 1 heterocycles. The summed E-state index contributed by atoms with van der Waals surface area (Å²) in [5.41, 5.74) is -2.75. The Morgan fingerprint density at radius 2 is 1.31 bits per heavy atom. The van der Waals surface area contributed by atoms with E-state index < -0.39 is 59.5 Å². The molecule has 1 amide bonds. The molecule has 0 radical (unpaired) electrons. The topological polar surface area (TPSA) is 129 Å². The monoisotopic (exact) mass is 708 g/mol. The number of carbonyl (C=O) groups excluding carboxylic acids is 4. The van der Waals surface area contributed by atoms with E-state index in [0.29, 0.717) is 11.1 Å². The summed E-state index contributed by atoms with van der Waals surface area (Å²) >= 11 is 0. The van der Waals surface area contributed by atoms with Crippen molar-refractivity contribution in [2.45, 2.75) is 57.5 Å². The standard InChI is InChI=1S/C38H39F3N2O8/c1-5-49-34(45)30-24(3)42-28(32(35(46)50-6-2)31(30)26-18-12-8-13-19-26)22-29(33(44)51-23-25-16-10-7-11-17-25)43-36(47)37(48-4,38(39,40)41)27-20-14-9-15-21-27/h7-21,29,31,42H,5-6,22-23H2,1-4H3,(H,43,47)/t29-,31+,37+/m0/s1. The van der Waals surface area contributed by atoms with Gasteiger partial charge in [-0.2, -0.15) is 13.2 Å². The molecule has 3 aromatic rings. The molecule has 1 aliphatic heterocycles. The highest BCUT2D eigenvalue weighted by Gasteiger charge is 2.63. The number of rotatable bonds is 14. The van der Waals surface area contributed by atoms with Crippen molar-refractivity contribution in [1.82, 2.24) is 10.6 Å². The number of esters is 3. The summed E-state index contributed by atoms with van der Waals surface area (Å²) in [5.74, 6) is -5.45. The lowest BCUT2D eigenvalue weighted by atomic mass is 9.79. The average Bonchev–Trinajstić information content (AvgIpc) is 3.11. The maximum absolute atomic E-state index is 14.9. The lowest BCUT2D eigenvalue weighted by Gasteiger charge is -2.35. The predicted octanol–water partition coefficient (Wildman–Crippen LogP) is 5.75. The number of methoxy groups -OCH3 is 1. The van der Waals surface area contributed by atoms with E-state index in [9.17, 15) is 32.3 Å². The summed E-state index contributed by atoms with van der Waals surface area (Å²) in [4.78, 5) is 54.8. The third-order valence-electron chi connectivity index (χ3n) is 8.20. The molecule has 0 spiro atoms. The number of nitrogens with one attached hydrogen (secondary N) is 2. The second-order valence-corrected chi connectivity index (χ2v) is 11.4. The van der Waals surface area contributed by atoms with E-state index in [0.717, 1.165) is 19.2 Å². The number of allylic oxidation sites excluding steroid dienone is 1. The number of dihydropyridines is 1. The first-order valence-electron chi connectivity index (χ1n) is 16.2. The number of hydrogen-bond donors (Lipinski definition) is 2. The molecule has 1 aliphatic rings. The van der Waals surface area contributed by atoms with Crippen molar-refractivity contribution in [2.75, 3.05) is 20.3 Å². The summed E-state index contributed by atoms with van der Waals surface area (Å²) < 4.78 is 65.8. The number of hydrogen-bond acceptors (Lipinski definition) is 9. The highest BCUT2D eigenvalue weighted by atomic mass is 19.4. The van der Waals surface area contributed by atoms with Gasteiger partial charge in [-0.05, 0) is 31.9 Å². The molecule has 13 heteroatoms. The number of carbonyl (C=O) groups is 4. The summed E-state index contributed by atoms with van der Waals surface area (Å²) in [7, 11) is 0.738. The van der Waals surface area contributed by atoms with E-state index in [1.54, 1.807) is 81.4 Å². The number of halogens is 3. The second-order valence-electron chi connectivity index (χ2n) is 11.4. The van der Waals surface area contributed by atoms with Gasteiger partial charge < -0.3 is 29.6 Å². The lowest BCUT2D eigenvalue weighted by Crippen LogP contribution is -2.59. The largest absolute Gasteiger partial charge is 0.463 e. The van der Waals surface area contributed by atoms with Crippen molar-refractivity contribution in [1.29, 1.82) is 0 Å². The van der Waals surface area contributed by atoms with Crippen molar-refractivity contribution in [3.8, 4) is 0 Å². The van der Waals surface area contributed by atoms with Crippen LogP contribution in [0.25, 0.3) is 0 Å². The Balaban J connectivity index is 1.87. The fourth-order valence-electron chi connectivity index (χ4n) is 5.87. The first-order valence-corrected chi connectivity index (χ1v) is 16.2. The van der Waals surface area contributed by atoms with Gasteiger partial charge >= 0.3 is 24.1 Å². The average molecular weight is 709 g/mol. The van der Waals surface area contributed by atoms with Crippen molar-refractivity contribution in [2.24, 2.45) is 0 Å². The van der Waals surface area contributed by atoms with Gasteiger partial charge in [-0.25, -0.2) is 14.4 Å². The Bertz CT molecular complexity index is 1760. The zero-order chi connectivity index (χ0) is 37.2. The fourth-order valence-corrected chi connectivity index (χ4v) is 5.87. The van der Waals surface area contributed by atoms with E-state index in [2.05, 4.69) is 10.6 Å². The quantitative estimate of drug-likeness (QED) is 0.159. The molecular weight excluding hydrogens is 669 g/mol. The van der Waals surface area contributed by atoms with Crippen molar-refractivity contribution in [3.63, 3.8) is 0 Å². The smallest absolute Gasteiger partial charge is 0.430 e. The Labute approximate surface area is 293 Å². The Morgan fingerprint density at radius 1 is 0.784 bits per heavy atom. The highest BCUT2D eigenvalue weighted by Crippen LogP contribution is 2.43. The first kappa shape index (κ1) is 38.4. The minimum absolute atomic E-state index is 0.00421. The van der Waals surface area contributed by atoms with Crippen molar-refractivity contribution >= 4 is 23.8 Å². The van der Waals surface area contributed by atoms with Crippen LogP contribution in [0, 0.1) is 0 Å². The van der Waals surface area contributed by atoms with Crippen LogP contribution in [0.2, 0.25) is 0 Å². The van der Waals surface area contributed by atoms with Crippen molar-refractivity contribution < 1.29 is 51.3 Å². The lowest BCUT2D eigenvalue weighted by molar-refractivity contribution is -0.266.